The lowest BCUT2D eigenvalue weighted by Crippen LogP contribution is -2.02. The molecular weight excluding hydrogens is 269 g/mol. The number of nitrogens with two attached hydrogens (primary N) is 1. The second-order valence-corrected chi connectivity index (χ2v) is 4.72. The number of benzene rings is 1. The van der Waals surface area contributed by atoms with E-state index < -0.39 is 0 Å². The molecule has 0 bridgehead atoms. The third-order valence-corrected chi connectivity index (χ3v) is 3.50. The van der Waals surface area contributed by atoms with Crippen LogP contribution in [0.3, 0.4) is 0 Å². The third-order valence-electron chi connectivity index (χ3n) is 2.69. The summed E-state index contributed by atoms with van der Waals surface area (Å²) in [7, 11) is 0. The average Bonchev–Trinajstić information content (AvgIpc) is 2.36. The van der Waals surface area contributed by atoms with Crippen LogP contribution in [0.5, 0.6) is 0 Å². The van der Waals surface area contributed by atoms with Crippen molar-refractivity contribution in [3.05, 3.63) is 40.1 Å². The van der Waals surface area contributed by atoms with Gasteiger partial charge < -0.3 is 5.73 Å². The fraction of sp³-hybridized carbons (Fsp3) is 0.231. The number of halogens is 2. The number of nitrogen functional groups attached to an aromatic ring is 1. The van der Waals surface area contributed by atoms with Crippen molar-refractivity contribution in [3.8, 4) is 11.3 Å². The van der Waals surface area contributed by atoms with Crippen LogP contribution in [0.1, 0.15) is 18.9 Å². The highest BCUT2D eigenvalue weighted by Gasteiger charge is 2.14. The Balaban J connectivity index is 2.63. The van der Waals surface area contributed by atoms with Gasteiger partial charge in [-0.3, -0.25) is 0 Å². The van der Waals surface area contributed by atoms with E-state index in [4.69, 9.17) is 28.9 Å². The van der Waals surface area contributed by atoms with Crippen LogP contribution in [0.2, 0.25) is 10.0 Å². The Morgan fingerprint density at radius 2 is 2.00 bits per heavy atom. The number of hydrogen-bond donors (Lipinski definition) is 1. The van der Waals surface area contributed by atoms with Gasteiger partial charge in [-0.1, -0.05) is 48.7 Å². The zero-order chi connectivity index (χ0) is 13.1. The summed E-state index contributed by atoms with van der Waals surface area (Å²) in [5.74, 6) is 0.498. The lowest BCUT2D eigenvalue weighted by molar-refractivity contribution is 0.908. The van der Waals surface area contributed by atoms with Crippen molar-refractivity contribution in [1.29, 1.82) is 0 Å². The van der Waals surface area contributed by atoms with Crippen molar-refractivity contribution in [1.82, 2.24) is 9.97 Å². The summed E-state index contributed by atoms with van der Waals surface area (Å²) in [5.41, 5.74) is 8.38. The summed E-state index contributed by atoms with van der Waals surface area (Å²) >= 11 is 12.2. The van der Waals surface area contributed by atoms with Crippen LogP contribution in [0, 0.1) is 0 Å². The second kappa shape index (κ2) is 5.55. The Morgan fingerprint density at radius 3 is 2.72 bits per heavy atom. The predicted octanol–water partition coefficient (Wildman–Crippen LogP) is 3.99. The van der Waals surface area contributed by atoms with Crippen molar-refractivity contribution < 1.29 is 0 Å². The van der Waals surface area contributed by atoms with Crippen LogP contribution in [0.4, 0.5) is 5.82 Å². The molecule has 0 radical (unpaired) electrons. The van der Waals surface area contributed by atoms with E-state index in [1.807, 2.05) is 12.1 Å². The molecule has 2 N–H and O–H groups in total. The van der Waals surface area contributed by atoms with Gasteiger partial charge in [-0.05, 0) is 12.5 Å². The van der Waals surface area contributed by atoms with E-state index in [0.29, 0.717) is 15.9 Å². The first kappa shape index (κ1) is 13.1. The predicted molar refractivity (Wildman–Crippen MR) is 75.9 cm³/mol. The molecule has 0 aliphatic rings. The molecule has 1 heterocycles. The molecule has 2 aromatic rings. The molecule has 5 heteroatoms. The Hall–Kier alpha value is -1.32. The molecule has 0 aliphatic carbocycles. The van der Waals surface area contributed by atoms with Gasteiger partial charge in [-0.15, -0.1) is 0 Å². The Labute approximate surface area is 116 Å². The minimum atomic E-state index is 0.495. The van der Waals surface area contributed by atoms with Gasteiger partial charge in [0.25, 0.3) is 0 Å². The molecule has 3 nitrogen and oxygen atoms in total. The lowest BCUT2D eigenvalue weighted by atomic mass is 10.0. The zero-order valence-corrected chi connectivity index (χ0v) is 11.5. The molecule has 0 spiro atoms. The molecule has 1 aromatic heterocycles. The summed E-state index contributed by atoms with van der Waals surface area (Å²) in [6, 6.07) is 5.48. The van der Waals surface area contributed by atoms with Gasteiger partial charge in [-0.2, -0.15) is 0 Å². The summed E-state index contributed by atoms with van der Waals surface area (Å²) < 4.78 is 0. The van der Waals surface area contributed by atoms with Gasteiger partial charge in [-0.25, -0.2) is 9.97 Å². The first-order chi connectivity index (χ1) is 8.65. The number of nitrogens with zero attached hydrogens (tertiary/aromatic N) is 2. The van der Waals surface area contributed by atoms with Crippen molar-refractivity contribution in [2.24, 2.45) is 0 Å². The molecule has 0 saturated heterocycles. The summed E-state index contributed by atoms with van der Waals surface area (Å²) in [5, 5.41) is 1.00. The molecule has 0 unspecified atom stereocenters. The second-order valence-electron chi connectivity index (χ2n) is 3.94. The molecule has 94 valence electrons. The van der Waals surface area contributed by atoms with Crippen molar-refractivity contribution in [2.45, 2.75) is 19.8 Å². The molecule has 0 saturated carbocycles. The Morgan fingerprint density at radius 1 is 1.22 bits per heavy atom. The van der Waals surface area contributed by atoms with Crippen LogP contribution in [0.15, 0.2) is 24.5 Å². The van der Waals surface area contributed by atoms with Crippen LogP contribution in [-0.2, 0) is 6.42 Å². The van der Waals surface area contributed by atoms with E-state index in [2.05, 4.69) is 16.9 Å². The fourth-order valence-corrected chi connectivity index (χ4v) is 2.23. The van der Waals surface area contributed by atoms with Crippen LogP contribution < -0.4 is 5.73 Å². The first-order valence-electron chi connectivity index (χ1n) is 5.68. The normalized spacial score (nSPS) is 10.6. The highest BCUT2D eigenvalue weighted by molar-refractivity contribution is 6.43. The average molecular weight is 282 g/mol. The third kappa shape index (κ3) is 2.42. The van der Waals surface area contributed by atoms with Gasteiger partial charge in [0.15, 0.2) is 0 Å². The first-order valence-corrected chi connectivity index (χ1v) is 6.44. The fourth-order valence-electron chi connectivity index (χ4n) is 1.84. The molecule has 0 fully saturated rings. The van der Waals surface area contributed by atoms with Crippen LogP contribution in [0.25, 0.3) is 11.3 Å². The largest absolute Gasteiger partial charge is 0.383 e. The summed E-state index contributed by atoms with van der Waals surface area (Å²) in [6.07, 6.45) is 3.22. The van der Waals surface area contributed by atoms with Crippen LogP contribution >= 0.6 is 23.2 Å². The summed E-state index contributed by atoms with van der Waals surface area (Å²) in [4.78, 5) is 8.32. The quantitative estimate of drug-likeness (QED) is 0.926. The van der Waals surface area contributed by atoms with Crippen LogP contribution in [-0.4, -0.2) is 9.97 Å². The lowest BCUT2D eigenvalue weighted by Gasteiger charge is -2.11. The van der Waals surface area contributed by atoms with E-state index in [0.717, 1.165) is 29.7 Å². The SMILES string of the molecule is CCCc1c(N)ncnc1-c1cccc(Cl)c1Cl. The van der Waals surface area contributed by atoms with E-state index >= 15 is 0 Å². The van der Waals surface area contributed by atoms with E-state index in [1.54, 1.807) is 6.07 Å². The maximum Gasteiger partial charge on any atom is 0.130 e. The molecule has 2 rings (SSSR count). The topological polar surface area (TPSA) is 51.8 Å². The molecule has 1 aromatic carbocycles. The number of aromatic nitrogens is 2. The van der Waals surface area contributed by atoms with Crippen molar-refractivity contribution >= 4 is 29.0 Å². The van der Waals surface area contributed by atoms with Gasteiger partial charge >= 0.3 is 0 Å². The number of hydrogen-bond acceptors (Lipinski definition) is 3. The minimum absolute atomic E-state index is 0.495. The van der Waals surface area contributed by atoms with Gasteiger partial charge in [0.1, 0.15) is 12.1 Å². The molecular formula is C13H13Cl2N3. The Kier molecular flexibility index (Phi) is 4.04. The van der Waals surface area contributed by atoms with Crippen molar-refractivity contribution in [2.75, 3.05) is 5.73 Å². The molecule has 0 aliphatic heterocycles. The zero-order valence-electron chi connectivity index (χ0n) is 9.95. The molecule has 0 atom stereocenters. The molecule has 0 amide bonds. The maximum atomic E-state index is 6.22. The smallest absolute Gasteiger partial charge is 0.130 e. The molecule has 18 heavy (non-hydrogen) atoms. The van der Waals surface area contributed by atoms with Gasteiger partial charge in [0.05, 0.1) is 15.7 Å². The van der Waals surface area contributed by atoms with E-state index in [1.165, 1.54) is 6.33 Å². The monoisotopic (exact) mass is 281 g/mol. The highest BCUT2D eigenvalue weighted by atomic mass is 35.5. The summed E-state index contributed by atoms with van der Waals surface area (Å²) in [6.45, 7) is 2.08. The number of anilines is 1. The Bertz CT molecular complexity index is 570. The minimum Gasteiger partial charge on any atom is -0.383 e. The standard InChI is InChI=1S/C13H13Cl2N3/c1-2-4-9-12(17-7-18-13(9)16)8-5-3-6-10(14)11(8)15/h3,5-7H,2,4H2,1H3,(H2,16,17,18). The van der Waals surface area contributed by atoms with E-state index in [-0.39, 0.29) is 0 Å². The number of rotatable bonds is 3. The van der Waals surface area contributed by atoms with Crippen molar-refractivity contribution in [3.63, 3.8) is 0 Å². The van der Waals surface area contributed by atoms with Gasteiger partial charge in [0.2, 0.25) is 0 Å². The van der Waals surface area contributed by atoms with Gasteiger partial charge in [0, 0.05) is 11.1 Å². The highest BCUT2D eigenvalue weighted by Crippen LogP contribution is 2.35. The maximum absolute atomic E-state index is 6.22. The van der Waals surface area contributed by atoms with E-state index in [9.17, 15) is 0 Å².